The van der Waals surface area contributed by atoms with E-state index in [1.54, 1.807) is 16.0 Å². The third kappa shape index (κ3) is 1.98. The van der Waals surface area contributed by atoms with Crippen LogP contribution in [0.3, 0.4) is 0 Å². The van der Waals surface area contributed by atoms with Crippen molar-refractivity contribution in [1.29, 1.82) is 0 Å². The van der Waals surface area contributed by atoms with Crippen LogP contribution < -0.4 is 0 Å². The second-order valence-corrected chi connectivity index (χ2v) is 3.42. The van der Waals surface area contributed by atoms with Gasteiger partial charge in [0.15, 0.2) is 0 Å². The Balaban J connectivity index is 1.96. The van der Waals surface area contributed by atoms with Crippen LogP contribution in [-0.2, 0) is 4.79 Å². The smallest absolute Gasteiger partial charge is 0.257 e. The largest absolute Gasteiger partial charge is 0.342 e. The average Bonchev–Trinajstić information content (AvgIpc) is 2.82. The number of aromatic nitrogens is 2. The molecule has 1 aromatic rings. The molecule has 1 N–H and O–H groups in total. The predicted molar refractivity (Wildman–Crippen MR) is 52.1 cm³/mol. The number of piperazine rings is 1. The zero-order valence-electron chi connectivity index (χ0n) is 8.22. The highest BCUT2D eigenvalue weighted by Crippen LogP contribution is 2.05. The van der Waals surface area contributed by atoms with Crippen LogP contribution in [0.25, 0.3) is 0 Å². The number of aromatic amines is 1. The maximum atomic E-state index is 11.8. The highest BCUT2D eigenvalue weighted by atomic mass is 16.2. The van der Waals surface area contributed by atoms with Gasteiger partial charge in [0.1, 0.15) is 0 Å². The molecule has 2 heterocycles. The van der Waals surface area contributed by atoms with E-state index in [1.807, 2.05) is 0 Å². The van der Waals surface area contributed by atoms with Gasteiger partial charge < -0.3 is 9.80 Å². The lowest BCUT2D eigenvalue weighted by atomic mass is 10.2. The summed E-state index contributed by atoms with van der Waals surface area (Å²) in [5.74, 6) is -0.0331. The molecule has 1 fully saturated rings. The van der Waals surface area contributed by atoms with E-state index in [-0.39, 0.29) is 5.91 Å². The summed E-state index contributed by atoms with van der Waals surface area (Å²) in [6.07, 6.45) is 3.91. The molecule has 80 valence electrons. The van der Waals surface area contributed by atoms with Crippen molar-refractivity contribution in [1.82, 2.24) is 20.0 Å². The summed E-state index contributed by atoms with van der Waals surface area (Å²) in [5.41, 5.74) is 0.564. The minimum absolute atomic E-state index is 0.0331. The number of H-pyrrole nitrogens is 1. The van der Waals surface area contributed by atoms with Gasteiger partial charge >= 0.3 is 0 Å². The molecule has 6 nitrogen and oxygen atoms in total. The van der Waals surface area contributed by atoms with Crippen LogP contribution in [0.15, 0.2) is 12.4 Å². The summed E-state index contributed by atoms with van der Waals surface area (Å²) in [7, 11) is 0. The van der Waals surface area contributed by atoms with Gasteiger partial charge in [0.2, 0.25) is 6.41 Å². The van der Waals surface area contributed by atoms with Gasteiger partial charge in [0, 0.05) is 32.4 Å². The zero-order valence-corrected chi connectivity index (χ0v) is 8.22. The molecule has 0 aromatic carbocycles. The second kappa shape index (κ2) is 4.12. The zero-order chi connectivity index (χ0) is 10.7. The van der Waals surface area contributed by atoms with Gasteiger partial charge in [-0.15, -0.1) is 0 Å². The van der Waals surface area contributed by atoms with Crippen LogP contribution in [0.1, 0.15) is 10.4 Å². The van der Waals surface area contributed by atoms with Gasteiger partial charge in [0.05, 0.1) is 11.8 Å². The van der Waals surface area contributed by atoms with E-state index in [0.29, 0.717) is 31.7 Å². The molecule has 1 aliphatic rings. The molecule has 0 saturated carbocycles. The first-order chi connectivity index (χ1) is 7.31. The number of nitrogens with zero attached hydrogens (tertiary/aromatic N) is 3. The number of hydrogen-bond donors (Lipinski definition) is 1. The number of amides is 2. The molecule has 6 heteroatoms. The van der Waals surface area contributed by atoms with Crippen molar-refractivity contribution in [2.75, 3.05) is 26.2 Å². The van der Waals surface area contributed by atoms with E-state index >= 15 is 0 Å². The van der Waals surface area contributed by atoms with Crippen LogP contribution >= 0.6 is 0 Å². The number of carbonyl (C=O) groups is 2. The van der Waals surface area contributed by atoms with Crippen LogP contribution in [0.4, 0.5) is 0 Å². The maximum Gasteiger partial charge on any atom is 0.257 e. The van der Waals surface area contributed by atoms with Gasteiger partial charge in [-0.05, 0) is 0 Å². The monoisotopic (exact) mass is 208 g/mol. The van der Waals surface area contributed by atoms with Crippen molar-refractivity contribution >= 4 is 12.3 Å². The molecule has 15 heavy (non-hydrogen) atoms. The minimum Gasteiger partial charge on any atom is -0.342 e. The molecular weight excluding hydrogens is 196 g/mol. The standard InChI is InChI=1S/C9H12N4O2/c14-7-12-1-3-13(4-2-12)9(15)8-5-10-11-6-8/h5-7H,1-4H2,(H,10,11). The van der Waals surface area contributed by atoms with Gasteiger partial charge in [-0.2, -0.15) is 5.10 Å². The lowest BCUT2D eigenvalue weighted by Crippen LogP contribution is -2.48. The van der Waals surface area contributed by atoms with Gasteiger partial charge in [-0.3, -0.25) is 14.7 Å². The first-order valence-corrected chi connectivity index (χ1v) is 4.78. The van der Waals surface area contributed by atoms with Crippen LogP contribution in [0.2, 0.25) is 0 Å². The molecule has 0 unspecified atom stereocenters. The third-order valence-electron chi connectivity index (χ3n) is 2.50. The highest BCUT2D eigenvalue weighted by molar-refractivity contribution is 5.93. The SMILES string of the molecule is O=CN1CCN(C(=O)c2cn[nH]c2)CC1. The van der Waals surface area contributed by atoms with Gasteiger partial charge in [-0.1, -0.05) is 0 Å². The summed E-state index contributed by atoms with van der Waals surface area (Å²) in [6, 6.07) is 0. The number of rotatable bonds is 2. The first-order valence-electron chi connectivity index (χ1n) is 4.78. The molecule has 1 aromatic heterocycles. The fourth-order valence-corrected chi connectivity index (χ4v) is 1.58. The van der Waals surface area contributed by atoms with E-state index in [9.17, 15) is 9.59 Å². The molecule has 0 bridgehead atoms. The lowest BCUT2D eigenvalue weighted by Gasteiger charge is -2.32. The van der Waals surface area contributed by atoms with Crippen molar-refractivity contribution in [2.24, 2.45) is 0 Å². The van der Waals surface area contributed by atoms with Crippen LogP contribution in [0, 0.1) is 0 Å². The molecule has 0 aliphatic carbocycles. The fraction of sp³-hybridized carbons (Fsp3) is 0.444. The van der Waals surface area contributed by atoms with E-state index in [1.165, 1.54) is 6.20 Å². The van der Waals surface area contributed by atoms with Crippen LogP contribution in [-0.4, -0.2) is 58.5 Å². The first kappa shape index (κ1) is 9.70. The average molecular weight is 208 g/mol. The quantitative estimate of drug-likeness (QED) is 0.655. The Morgan fingerprint density at radius 2 is 2.13 bits per heavy atom. The number of carbonyl (C=O) groups excluding carboxylic acids is 2. The minimum atomic E-state index is -0.0331. The van der Waals surface area contributed by atoms with Crippen molar-refractivity contribution < 1.29 is 9.59 Å². The Bertz CT molecular complexity index is 341. The third-order valence-corrected chi connectivity index (χ3v) is 2.50. The predicted octanol–water partition coefficient (Wildman–Crippen LogP) is -0.676. The second-order valence-electron chi connectivity index (χ2n) is 3.42. The van der Waals surface area contributed by atoms with Gasteiger partial charge in [0.25, 0.3) is 5.91 Å². The Kier molecular flexibility index (Phi) is 2.66. The highest BCUT2D eigenvalue weighted by Gasteiger charge is 2.21. The van der Waals surface area contributed by atoms with Crippen LogP contribution in [0.5, 0.6) is 0 Å². The molecule has 2 amide bonds. The molecule has 0 atom stereocenters. The normalized spacial score (nSPS) is 16.5. The molecule has 0 spiro atoms. The Morgan fingerprint density at radius 1 is 1.40 bits per heavy atom. The van der Waals surface area contributed by atoms with E-state index < -0.39 is 0 Å². The molecular formula is C9H12N4O2. The summed E-state index contributed by atoms with van der Waals surface area (Å²) in [6.45, 7) is 2.38. The Labute approximate surface area is 86.9 Å². The lowest BCUT2D eigenvalue weighted by molar-refractivity contribution is -0.119. The van der Waals surface area contributed by atoms with Crippen molar-refractivity contribution in [3.05, 3.63) is 18.0 Å². The van der Waals surface area contributed by atoms with Gasteiger partial charge in [-0.25, -0.2) is 0 Å². The Morgan fingerprint density at radius 3 is 2.67 bits per heavy atom. The summed E-state index contributed by atoms with van der Waals surface area (Å²) >= 11 is 0. The number of nitrogens with one attached hydrogen (secondary N) is 1. The molecule has 2 rings (SSSR count). The molecule has 1 aliphatic heterocycles. The van der Waals surface area contributed by atoms with Crippen molar-refractivity contribution in [3.63, 3.8) is 0 Å². The van der Waals surface area contributed by atoms with E-state index in [0.717, 1.165) is 6.41 Å². The van der Waals surface area contributed by atoms with Crippen molar-refractivity contribution in [3.8, 4) is 0 Å². The fourth-order valence-electron chi connectivity index (χ4n) is 1.58. The number of hydrogen-bond acceptors (Lipinski definition) is 3. The summed E-state index contributed by atoms with van der Waals surface area (Å²) in [4.78, 5) is 25.7. The van der Waals surface area contributed by atoms with Crippen molar-refractivity contribution in [2.45, 2.75) is 0 Å². The topological polar surface area (TPSA) is 69.3 Å². The summed E-state index contributed by atoms with van der Waals surface area (Å²) in [5, 5.41) is 6.34. The maximum absolute atomic E-state index is 11.8. The Hall–Kier alpha value is -1.85. The van der Waals surface area contributed by atoms with E-state index in [4.69, 9.17) is 0 Å². The molecule has 1 saturated heterocycles. The van der Waals surface area contributed by atoms with E-state index in [2.05, 4.69) is 10.2 Å². The molecule has 0 radical (unpaired) electrons. The summed E-state index contributed by atoms with van der Waals surface area (Å²) < 4.78 is 0.